The lowest BCUT2D eigenvalue weighted by molar-refractivity contribution is 0.306. The molecule has 0 bridgehead atoms. The Morgan fingerprint density at radius 2 is 1.82 bits per heavy atom. The van der Waals surface area contributed by atoms with E-state index in [0.717, 1.165) is 10.9 Å². The number of halogens is 1. The van der Waals surface area contributed by atoms with Crippen molar-refractivity contribution in [2.45, 2.75) is 13.5 Å². The fraction of sp³-hybridized carbons (Fsp3) is 0.0645. The number of aromatic nitrogens is 2. The number of hydrogen-bond acceptors (Lipinski definition) is 5. The smallest absolute Gasteiger partial charge is 0.282 e. The van der Waals surface area contributed by atoms with Gasteiger partial charge in [-0.3, -0.25) is 4.79 Å². The number of furan rings is 1. The van der Waals surface area contributed by atoms with Gasteiger partial charge in [0.05, 0.1) is 22.1 Å². The Bertz CT molecular complexity index is 1850. The first-order chi connectivity index (χ1) is 18.5. The van der Waals surface area contributed by atoms with E-state index in [1.165, 1.54) is 10.2 Å². The van der Waals surface area contributed by atoms with Crippen LogP contribution in [0.4, 0.5) is 0 Å². The lowest BCUT2D eigenvalue weighted by Gasteiger charge is -2.09. The third-order valence-electron chi connectivity index (χ3n) is 6.15. The zero-order chi connectivity index (χ0) is 26.1. The standard InChI is InChI=1S/C31H22ClN3O3/c1-20-7-6-8-22(15-20)19-37-28-14-13-21(16-25(28)32)18-33-35-30(29-17-23-9-2-5-12-27(23)38-29)34-26-11-4-3-10-24(26)31(35)36/h2-18H,19H2,1H3. The molecule has 6 aromatic rings. The number of nitrogens with zero attached hydrogens (tertiary/aromatic N) is 3. The number of rotatable bonds is 6. The van der Waals surface area contributed by atoms with Crippen LogP contribution >= 0.6 is 11.6 Å². The molecule has 0 saturated heterocycles. The Morgan fingerprint density at radius 1 is 0.974 bits per heavy atom. The van der Waals surface area contributed by atoms with Gasteiger partial charge in [0, 0.05) is 5.39 Å². The van der Waals surface area contributed by atoms with Gasteiger partial charge in [-0.15, -0.1) is 0 Å². The number of aryl methyl sites for hydroxylation is 1. The van der Waals surface area contributed by atoms with Crippen LogP contribution in [-0.4, -0.2) is 15.9 Å². The van der Waals surface area contributed by atoms with Crippen LogP contribution in [-0.2, 0) is 6.61 Å². The molecule has 0 fully saturated rings. The van der Waals surface area contributed by atoms with E-state index >= 15 is 0 Å². The topological polar surface area (TPSA) is 69.6 Å². The molecule has 0 aliphatic heterocycles. The highest BCUT2D eigenvalue weighted by molar-refractivity contribution is 6.32. The van der Waals surface area contributed by atoms with Gasteiger partial charge in [0.1, 0.15) is 17.9 Å². The SMILES string of the molecule is Cc1cccc(COc2ccc(C=Nn3c(-c4cc5ccccc5o4)nc4ccccc4c3=O)cc2Cl)c1. The quantitative estimate of drug-likeness (QED) is 0.218. The van der Waals surface area contributed by atoms with E-state index in [-0.39, 0.29) is 5.56 Å². The first-order valence-electron chi connectivity index (χ1n) is 12.1. The predicted octanol–water partition coefficient (Wildman–Crippen LogP) is 7.23. The summed E-state index contributed by atoms with van der Waals surface area (Å²) in [6.07, 6.45) is 1.57. The molecule has 2 aromatic heterocycles. The second kappa shape index (κ2) is 10.00. The Hall–Kier alpha value is -4.68. The van der Waals surface area contributed by atoms with Crippen molar-refractivity contribution in [2.75, 3.05) is 0 Å². The minimum Gasteiger partial charge on any atom is -0.487 e. The van der Waals surface area contributed by atoms with Crippen molar-refractivity contribution in [1.82, 2.24) is 9.66 Å². The summed E-state index contributed by atoms with van der Waals surface area (Å²) < 4.78 is 13.2. The van der Waals surface area contributed by atoms with Crippen LogP contribution in [0.1, 0.15) is 16.7 Å². The molecule has 0 atom stereocenters. The molecule has 0 spiro atoms. The van der Waals surface area contributed by atoms with Crippen LogP contribution in [0.25, 0.3) is 33.5 Å². The molecule has 7 heteroatoms. The third kappa shape index (κ3) is 4.69. The van der Waals surface area contributed by atoms with Crippen molar-refractivity contribution in [1.29, 1.82) is 0 Å². The van der Waals surface area contributed by atoms with Crippen molar-refractivity contribution in [2.24, 2.45) is 5.10 Å². The molecule has 38 heavy (non-hydrogen) atoms. The monoisotopic (exact) mass is 519 g/mol. The van der Waals surface area contributed by atoms with Crippen molar-refractivity contribution in [3.8, 4) is 17.3 Å². The molecule has 0 aliphatic carbocycles. The molecule has 186 valence electrons. The zero-order valence-corrected chi connectivity index (χ0v) is 21.2. The van der Waals surface area contributed by atoms with Crippen molar-refractivity contribution >= 4 is 39.7 Å². The maximum absolute atomic E-state index is 13.4. The largest absolute Gasteiger partial charge is 0.487 e. The van der Waals surface area contributed by atoms with E-state index in [0.29, 0.717) is 51.0 Å². The number of benzene rings is 4. The van der Waals surface area contributed by atoms with Gasteiger partial charge in [-0.05, 0) is 60.5 Å². The zero-order valence-electron chi connectivity index (χ0n) is 20.5. The molecule has 0 radical (unpaired) electrons. The van der Waals surface area contributed by atoms with Crippen molar-refractivity contribution in [3.05, 3.63) is 129 Å². The second-order valence-corrected chi connectivity index (χ2v) is 9.34. The molecule has 6 rings (SSSR count). The summed E-state index contributed by atoms with van der Waals surface area (Å²) in [7, 11) is 0. The predicted molar refractivity (Wildman–Crippen MR) is 151 cm³/mol. The Labute approximate surface area is 223 Å². The summed E-state index contributed by atoms with van der Waals surface area (Å²) in [4.78, 5) is 18.2. The minimum atomic E-state index is -0.300. The summed E-state index contributed by atoms with van der Waals surface area (Å²) >= 11 is 6.51. The lowest BCUT2D eigenvalue weighted by atomic mass is 10.1. The van der Waals surface area contributed by atoms with E-state index in [9.17, 15) is 4.79 Å². The molecule has 2 heterocycles. The van der Waals surface area contributed by atoms with E-state index in [2.05, 4.69) is 11.2 Å². The molecule has 0 saturated carbocycles. The van der Waals surface area contributed by atoms with Gasteiger partial charge in [-0.2, -0.15) is 9.78 Å². The first-order valence-corrected chi connectivity index (χ1v) is 12.5. The second-order valence-electron chi connectivity index (χ2n) is 8.93. The molecular formula is C31H22ClN3O3. The van der Waals surface area contributed by atoms with Gasteiger partial charge >= 0.3 is 0 Å². The fourth-order valence-electron chi connectivity index (χ4n) is 4.28. The molecule has 0 unspecified atom stereocenters. The van der Waals surface area contributed by atoms with Crippen LogP contribution in [0, 0.1) is 6.92 Å². The maximum atomic E-state index is 13.4. The Morgan fingerprint density at radius 3 is 2.66 bits per heavy atom. The van der Waals surface area contributed by atoms with Gasteiger partial charge in [0.15, 0.2) is 5.76 Å². The van der Waals surface area contributed by atoms with Gasteiger partial charge in [-0.1, -0.05) is 71.8 Å². The first kappa shape index (κ1) is 23.7. The highest BCUT2D eigenvalue weighted by Gasteiger charge is 2.16. The molecule has 6 nitrogen and oxygen atoms in total. The average molecular weight is 520 g/mol. The lowest BCUT2D eigenvalue weighted by Crippen LogP contribution is -2.20. The summed E-state index contributed by atoms with van der Waals surface area (Å²) in [5.74, 6) is 1.33. The minimum absolute atomic E-state index is 0.300. The van der Waals surface area contributed by atoms with E-state index in [1.54, 1.807) is 36.5 Å². The number of fused-ring (bicyclic) bond motifs is 2. The summed E-state index contributed by atoms with van der Waals surface area (Å²) in [6, 6.07) is 30.2. The normalized spacial score (nSPS) is 11.5. The highest BCUT2D eigenvalue weighted by atomic mass is 35.5. The Kier molecular flexibility index (Phi) is 6.23. The fourth-order valence-corrected chi connectivity index (χ4v) is 4.53. The van der Waals surface area contributed by atoms with Crippen LogP contribution in [0.15, 0.2) is 111 Å². The number of ether oxygens (including phenoxy) is 1. The third-order valence-corrected chi connectivity index (χ3v) is 6.45. The molecule has 4 aromatic carbocycles. The molecule has 0 amide bonds. The average Bonchev–Trinajstić information content (AvgIpc) is 3.36. The van der Waals surface area contributed by atoms with Gasteiger partial charge in [0.2, 0.25) is 5.82 Å². The van der Waals surface area contributed by atoms with Crippen molar-refractivity contribution < 1.29 is 9.15 Å². The van der Waals surface area contributed by atoms with Crippen LogP contribution in [0.2, 0.25) is 5.02 Å². The van der Waals surface area contributed by atoms with E-state index in [1.807, 2.05) is 67.6 Å². The van der Waals surface area contributed by atoms with Crippen LogP contribution < -0.4 is 10.3 Å². The number of hydrogen-bond donors (Lipinski definition) is 0. The molecule has 0 N–H and O–H groups in total. The Balaban J connectivity index is 1.35. The molecule has 0 aliphatic rings. The maximum Gasteiger partial charge on any atom is 0.282 e. The van der Waals surface area contributed by atoms with E-state index < -0.39 is 0 Å². The summed E-state index contributed by atoms with van der Waals surface area (Å²) in [5.41, 5.74) is 3.91. The van der Waals surface area contributed by atoms with E-state index in [4.69, 9.17) is 25.7 Å². The van der Waals surface area contributed by atoms with Gasteiger partial charge < -0.3 is 9.15 Å². The summed E-state index contributed by atoms with van der Waals surface area (Å²) in [6.45, 7) is 2.45. The summed E-state index contributed by atoms with van der Waals surface area (Å²) in [5, 5.41) is 6.32. The van der Waals surface area contributed by atoms with Crippen LogP contribution in [0.5, 0.6) is 5.75 Å². The van der Waals surface area contributed by atoms with Gasteiger partial charge in [-0.25, -0.2) is 4.98 Å². The van der Waals surface area contributed by atoms with Crippen molar-refractivity contribution in [3.63, 3.8) is 0 Å². The number of para-hydroxylation sites is 2. The molecular weight excluding hydrogens is 498 g/mol. The van der Waals surface area contributed by atoms with Crippen LogP contribution in [0.3, 0.4) is 0 Å². The van der Waals surface area contributed by atoms with Gasteiger partial charge in [0.25, 0.3) is 5.56 Å². The highest BCUT2D eigenvalue weighted by Crippen LogP contribution is 2.28.